The van der Waals surface area contributed by atoms with Crippen molar-refractivity contribution in [1.82, 2.24) is 0 Å². The summed E-state index contributed by atoms with van der Waals surface area (Å²) in [6.07, 6.45) is -3.84. The summed E-state index contributed by atoms with van der Waals surface area (Å²) in [7, 11) is 0. The van der Waals surface area contributed by atoms with E-state index < -0.39 is 17.7 Å². The van der Waals surface area contributed by atoms with Crippen molar-refractivity contribution in [1.29, 1.82) is 0 Å². The summed E-state index contributed by atoms with van der Waals surface area (Å²) < 4.78 is 44.1. The first-order valence-corrected chi connectivity index (χ1v) is 9.35. The Balaban J connectivity index is 1.99. The van der Waals surface area contributed by atoms with Gasteiger partial charge in [-0.05, 0) is 50.1 Å². The topological polar surface area (TPSA) is 53.9 Å². The molecule has 3 rings (SSSR count). The second-order valence-electron chi connectivity index (χ2n) is 6.51. The number of rotatable bonds is 3. The number of hydrogen-bond acceptors (Lipinski definition) is 4. The highest BCUT2D eigenvalue weighted by Gasteiger charge is 2.34. The van der Waals surface area contributed by atoms with E-state index in [0.29, 0.717) is 6.42 Å². The zero-order chi connectivity index (χ0) is 21.2. The minimum absolute atomic E-state index is 0.0415. The number of alkyl halides is 3. The molecule has 0 radical (unpaired) electrons. The van der Waals surface area contributed by atoms with E-state index in [4.69, 9.17) is 16.3 Å². The van der Waals surface area contributed by atoms with Gasteiger partial charge in [-0.2, -0.15) is 13.2 Å². The maximum Gasteiger partial charge on any atom is 0.416 e. The van der Waals surface area contributed by atoms with Gasteiger partial charge in [0.1, 0.15) is 0 Å². The maximum atomic E-state index is 13.0. The summed E-state index contributed by atoms with van der Waals surface area (Å²) in [5, 5.41) is 4.14. The summed E-state index contributed by atoms with van der Waals surface area (Å²) in [5.41, 5.74) is 3.39. The number of nitrogens with one attached hydrogen (secondary N) is 1. The van der Waals surface area contributed by atoms with Crippen LogP contribution in [-0.4, -0.2) is 24.5 Å². The number of anilines is 2. The Kier molecular flexibility index (Phi) is 6.02. The van der Waals surface area contributed by atoms with Crippen LogP contribution in [0.1, 0.15) is 25.0 Å². The molecule has 5 nitrogen and oxygen atoms in total. The predicted octanol–water partition coefficient (Wildman–Crippen LogP) is 5.10. The van der Waals surface area contributed by atoms with Crippen molar-refractivity contribution in [2.75, 3.05) is 16.9 Å². The molecule has 1 atom stereocenters. The summed E-state index contributed by atoms with van der Waals surface area (Å²) in [4.78, 5) is 14.3. The average molecular weight is 426 g/mol. The Morgan fingerprint density at radius 1 is 1.31 bits per heavy atom. The van der Waals surface area contributed by atoms with E-state index in [1.54, 1.807) is 11.8 Å². The number of hydrazone groups is 1. The molecule has 0 saturated carbocycles. The van der Waals surface area contributed by atoms with Gasteiger partial charge in [-0.25, -0.2) is 4.79 Å². The lowest BCUT2D eigenvalue weighted by Crippen LogP contribution is -2.42. The van der Waals surface area contributed by atoms with Crippen molar-refractivity contribution in [3.63, 3.8) is 0 Å². The number of nitrogens with zero attached hydrogens (tertiary/aromatic N) is 2. The number of hydrogen-bond donors (Lipinski definition) is 1. The van der Waals surface area contributed by atoms with E-state index in [9.17, 15) is 18.0 Å². The molecule has 1 aliphatic rings. The van der Waals surface area contributed by atoms with E-state index in [-0.39, 0.29) is 29.2 Å². The van der Waals surface area contributed by atoms with E-state index in [0.717, 1.165) is 29.4 Å². The summed E-state index contributed by atoms with van der Waals surface area (Å²) >= 11 is 6.01. The second kappa shape index (κ2) is 8.32. The molecule has 0 saturated heterocycles. The van der Waals surface area contributed by atoms with E-state index in [1.807, 2.05) is 31.2 Å². The van der Waals surface area contributed by atoms with Gasteiger partial charge in [0.25, 0.3) is 0 Å². The third-order valence-electron chi connectivity index (χ3n) is 4.47. The van der Waals surface area contributed by atoms with Crippen LogP contribution in [-0.2, 0) is 22.1 Å². The van der Waals surface area contributed by atoms with Crippen LogP contribution in [0.4, 0.5) is 24.5 Å². The van der Waals surface area contributed by atoms with Gasteiger partial charge in [-0.15, -0.1) is 5.10 Å². The highest BCUT2D eigenvalue weighted by Crippen LogP contribution is 2.35. The summed E-state index contributed by atoms with van der Waals surface area (Å²) in [6.45, 7) is 3.71. The van der Waals surface area contributed by atoms with Crippen LogP contribution in [0, 0.1) is 0 Å². The molecule has 0 amide bonds. The van der Waals surface area contributed by atoms with Gasteiger partial charge in [-0.3, -0.25) is 5.43 Å². The molecule has 1 N–H and O–H groups in total. The molecule has 1 heterocycles. The molecule has 0 unspecified atom stereocenters. The summed E-state index contributed by atoms with van der Waals surface area (Å²) in [6, 6.07) is 10.3. The Morgan fingerprint density at radius 3 is 2.72 bits per heavy atom. The standard InChI is InChI=1S/C20H19ClF3N3O2/c1-3-29-19(28)18(27-12(2)10-13-6-4-5-7-17(13)27)26-25-16-11-14(20(22,23)24)8-9-15(16)21/h4-9,11-12,25H,3,10H2,1-2H3/b26-18-/t12-/m1/s1. The Hall–Kier alpha value is -2.74. The number of para-hydroxylation sites is 1. The zero-order valence-electron chi connectivity index (χ0n) is 15.8. The number of ether oxygens (including phenoxy) is 1. The fraction of sp³-hybridized carbons (Fsp3) is 0.300. The number of esters is 1. The number of fused-ring (bicyclic) bond motifs is 1. The van der Waals surface area contributed by atoms with E-state index >= 15 is 0 Å². The SMILES string of the molecule is CCOC(=O)/C(=N/Nc1cc(C(F)(F)F)ccc1Cl)N1c2ccccc2C[C@H]1C. The molecule has 0 spiro atoms. The molecule has 0 fully saturated rings. The first kappa shape index (κ1) is 21.0. The van der Waals surface area contributed by atoms with Crippen LogP contribution in [0.15, 0.2) is 47.6 Å². The molecule has 0 aliphatic carbocycles. The van der Waals surface area contributed by atoms with Crippen LogP contribution in [0.25, 0.3) is 0 Å². The smallest absolute Gasteiger partial charge is 0.416 e. The van der Waals surface area contributed by atoms with Gasteiger partial charge < -0.3 is 9.64 Å². The highest BCUT2D eigenvalue weighted by atomic mass is 35.5. The van der Waals surface area contributed by atoms with Crippen molar-refractivity contribution >= 4 is 34.8 Å². The predicted molar refractivity (Wildman–Crippen MR) is 106 cm³/mol. The first-order valence-electron chi connectivity index (χ1n) is 8.97. The van der Waals surface area contributed by atoms with Crippen molar-refractivity contribution in [2.24, 2.45) is 5.10 Å². The van der Waals surface area contributed by atoms with Gasteiger partial charge >= 0.3 is 12.1 Å². The molecule has 2 aromatic rings. The third-order valence-corrected chi connectivity index (χ3v) is 4.80. The molecular weight excluding hydrogens is 407 g/mol. The van der Waals surface area contributed by atoms with E-state index in [2.05, 4.69) is 10.5 Å². The van der Waals surface area contributed by atoms with Crippen molar-refractivity contribution in [3.05, 3.63) is 58.6 Å². The van der Waals surface area contributed by atoms with Crippen LogP contribution in [0.2, 0.25) is 5.02 Å². The van der Waals surface area contributed by atoms with Crippen molar-refractivity contribution in [2.45, 2.75) is 32.5 Å². The second-order valence-corrected chi connectivity index (χ2v) is 6.92. The number of carbonyl (C=O) groups excluding carboxylic acids is 1. The van der Waals surface area contributed by atoms with Crippen LogP contribution >= 0.6 is 11.6 Å². The molecule has 0 bridgehead atoms. The van der Waals surface area contributed by atoms with Gasteiger partial charge in [0.15, 0.2) is 0 Å². The highest BCUT2D eigenvalue weighted by molar-refractivity contribution is 6.41. The Morgan fingerprint density at radius 2 is 2.03 bits per heavy atom. The number of carbonyl (C=O) groups is 1. The minimum Gasteiger partial charge on any atom is -0.460 e. The third kappa shape index (κ3) is 4.48. The van der Waals surface area contributed by atoms with Crippen molar-refractivity contribution in [3.8, 4) is 0 Å². The quantitative estimate of drug-likeness (QED) is 0.322. The van der Waals surface area contributed by atoms with Gasteiger partial charge in [0.2, 0.25) is 5.84 Å². The number of benzene rings is 2. The lowest BCUT2D eigenvalue weighted by atomic mass is 10.1. The fourth-order valence-corrected chi connectivity index (χ4v) is 3.34. The molecule has 2 aromatic carbocycles. The molecular formula is C20H19ClF3N3O2. The lowest BCUT2D eigenvalue weighted by molar-refractivity contribution is -0.137. The molecule has 1 aliphatic heterocycles. The summed E-state index contributed by atoms with van der Waals surface area (Å²) in [5.74, 6) is -0.746. The maximum absolute atomic E-state index is 13.0. The van der Waals surface area contributed by atoms with Gasteiger partial charge in [0, 0.05) is 11.7 Å². The fourth-order valence-electron chi connectivity index (χ4n) is 3.18. The molecule has 29 heavy (non-hydrogen) atoms. The normalized spacial score (nSPS) is 16.6. The molecule has 9 heteroatoms. The minimum atomic E-state index is -4.53. The number of amidine groups is 1. The zero-order valence-corrected chi connectivity index (χ0v) is 16.5. The molecule has 154 valence electrons. The largest absolute Gasteiger partial charge is 0.460 e. The van der Waals surface area contributed by atoms with Crippen LogP contribution in [0.3, 0.4) is 0 Å². The van der Waals surface area contributed by atoms with Crippen LogP contribution in [0.5, 0.6) is 0 Å². The van der Waals surface area contributed by atoms with Crippen molar-refractivity contribution < 1.29 is 22.7 Å². The average Bonchev–Trinajstić information content (AvgIpc) is 2.98. The van der Waals surface area contributed by atoms with Crippen LogP contribution < -0.4 is 10.3 Å². The van der Waals surface area contributed by atoms with Gasteiger partial charge in [0.05, 0.1) is 22.9 Å². The Bertz CT molecular complexity index is 947. The lowest BCUT2D eigenvalue weighted by Gasteiger charge is -2.25. The first-order chi connectivity index (χ1) is 13.7. The van der Waals surface area contributed by atoms with E-state index in [1.165, 1.54) is 0 Å². The number of halogens is 4. The Labute approximate surface area is 171 Å². The monoisotopic (exact) mass is 425 g/mol. The van der Waals surface area contributed by atoms with Gasteiger partial charge in [-0.1, -0.05) is 29.8 Å². The molecule has 0 aromatic heterocycles.